The Kier molecular flexibility index (Phi) is 5.56. The van der Waals surface area contributed by atoms with Crippen LogP contribution in [-0.4, -0.2) is 49.3 Å². The number of methoxy groups -OCH3 is 2. The summed E-state index contributed by atoms with van der Waals surface area (Å²) in [5.41, 5.74) is 1.49. The normalized spacial score (nSPS) is 12.6. The maximum Gasteiger partial charge on any atom is 0.261 e. The number of anilines is 1. The van der Waals surface area contributed by atoms with E-state index in [0.717, 1.165) is 4.90 Å². The van der Waals surface area contributed by atoms with Crippen molar-refractivity contribution >= 4 is 34.9 Å². The van der Waals surface area contributed by atoms with Crippen LogP contribution in [0.15, 0.2) is 42.5 Å². The predicted octanol–water partition coefficient (Wildman–Crippen LogP) is 2.71. The molecule has 1 aliphatic heterocycles. The van der Waals surface area contributed by atoms with E-state index in [0.29, 0.717) is 28.3 Å². The van der Waals surface area contributed by atoms with Gasteiger partial charge in [-0.1, -0.05) is 12.1 Å². The number of nitrogens with one attached hydrogen (secondary N) is 1. The molecule has 0 fully saturated rings. The third kappa shape index (κ3) is 3.85. The Morgan fingerprint density at radius 1 is 1.00 bits per heavy atom. The average Bonchev–Trinajstić information content (AvgIpc) is 2.93. The number of carbonyl (C=O) groups excluding carboxylic acids is 2. The van der Waals surface area contributed by atoms with Crippen molar-refractivity contribution in [2.24, 2.45) is 0 Å². The van der Waals surface area contributed by atoms with Crippen molar-refractivity contribution in [3.05, 3.63) is 53.6 Å². The van der Waals surface area contributed by atoms with E-state index in [1.165, 1.54) is 0 Å². The molecule has 0 bridgehead atoms. The van der Waals surface area contributed by atoms with E-state index in [1.807, 2.05) is 0 Å². The van der Waals surface area contributed by atoms with Crippen molar-refractivity contribution in [3.8, 4) is 11.5 Å². The van der Waals surface area contributed by atoms with Crippen LogP contribution in [0, 0.1) is 0 Å². The van der Waals surface area contributed by atoms with Gasteiger partial charge in [-0.15, -0.1) is 0 Å². The molecule has 3 rings (SSSR count). The van der Waals surface area contributed by atoms with Gasteiger partial charge in [0.2, 0.25) is 0 Å². The van der Waals surface area contributed by atoms with Crippen LogP contribution in [0.25, 0.3) is 0 Å². The Labute approximate surface area is 161 Å². The highest BCUT2D eigenvalue weighted by atomic mass is 32.1. The first-order valence-electron chi connectivity index (χ1n) is 8.16. The van der Waals surface area contributed by atoms with Gasteiger partial charge in [0.25, 0.3) is 17.0 Å². The van der Waals surface area contributed by atoms with Gasteiger partial charge in [-0.25, -0.2) is 0 Å². The lowest BCUT2D eigenvalue weighted by Crippen LogP contribution is -2.33. The lowest BCUT2D eigenvalue weighted by molar-refractivity contribution is 0.0629. The van der Waals surface area contributed by atoms with Gasteiger partial charge in [0.05, 0.1) is 31.9 Å². The van der Waals surface area contributed by atoms with Crippen LogP contribution < -0.4 is 14.8 Å². The van der Waals surface area contributed by atoms with Crippen LogP contribution in [0.2, 0.25) is 0 Å². The van der Waals surface area contributed by atoms with Gasteiger partial charge in [-0.05, 0) is 36.5 Å². The SMILES string of the molecule is COc1ccc(NC(=S)OCCN2C(=O)c3ccccc3C2=O)cc1OC. The zero-order valence-electron chi connectivity index (χ0n) is 14.9. The Morgan fingerprint density at radius 3 is 2.22 bits per heavy atom. The van der Waals surface area contributed by atoms with E-state index in [4.69, 9.17) is 26.4 Å². The smallest absolute Gasteiger partial charge is 0.261 e. The lowest BCUT2D eigenvalue weighted by atomic mass is 10.1. The minimum atomic E-state index is -0.321. The molecule has 1 heterocycles. The molecule has 2 aromatic rings. The zero-order valence-corrected chi connectivity index (χ0v) is 15.7. The summed E-state index contributed by atoms with van der Waals surface area (Å²) >= 11 is 5.15. The molecule has 0 saturated carbocycles. The van der Waals surface area contributed by atoms with Gasteiger partial charge in [0.1, 0.15) is 6.61 Å². The van der Waals surface area contributed by atoms with E-state index in [2.05, 4.69) is 5.32 Å². The number of hydrogen-bond acceptors (Lipinski definition) is 6. The maximum atomic E-state index is 12.3. The maximum absolute atomic E-state index is 12.3. The van der Waals surface area contributed by atoms with Crippen molar-refractivity contribution in [1.29, 1.82) is 0 Å². The van der Waals surface area contributed by atoms with Crippen LogP contribution in [0.4, 0.5) is 5.69 Å². The minimum Gasteiger partial charge on any atom is -0.493 e. The Morgan fingerprint density at radius 2 is 1.63 bits per heavy atom. The number of fused-ring (bicyclic) bond motifs is 1. The summed E-state index contributed by atoms with van der Waals surface area (Å²) < 4.78 is 15.8. The predicted molar refractivity (Wildman–Crippen MR) is 104 cm³/mol. The molecule has 0 aromatic heterocycles. The van der Waals surface area contributed by atoms with E-state index in [-0.39, 0.29) is 30.1 Å². The Bertz CT molecular complexity index is 864. The first-order chi connectivity index (χ1) is 13.0. The van der Waals surface area contributed by atoms with Gasteiger partial charge in [-0.3, -0.25) is 14.5 Å². The molecule has 0 radical (unpaired) electrons. The summed E-state index contributed by atoms with van der Waals surface area (Å²) in [6, 6.07) is 12.0. The number of thiocarbonyl (C=S) groups is 1. The van der Waals surface area contributed by atoms with E-state index in [9.17, 15) is 9.59 Å². The summed E-state index contributed by atoms with van der Waals surface area (Å²) in [4.78, 5) is 25.7. The quantitative estimate of drug-likeness (QED) is 0.604. The topological polar surface area (TPSA) is 77.1 Å². The summed E-state index contributed by atoms with van der Waals surface area (Å²) in [6.45, 7) is 0.199. The molecular weight excluding hydrogens is 368 g/mol. The minimum absolute atomic E-state index is 0.0879. The van der Waals surface area contributed by atoms with Gasteiger partial charge in [-0.2, -0.15) is 0 Å². The molecule has 0 atom stereocenters. The van der Waals surface area contributed by atoms with Crippen LogP contribution in [0.1, 0.15) is 20.7 Å². The Hall–Kier alpha value is -3.13. The second kappa shape index (κ2) is 8.05. The van der Waals surface area contributed by atoms with E-state index in [1.54, 1.807) is 56.7 Å². The standard InChI is InChI=1S/C19H18N2O5S/c1-24-15-8-7-12(11-16(15)25-2)20-19(27)26-10-9-21-17(22)13-5-3-4-6-14(13)18(21)23/h3-8,11H,9-10H2,1-2H3,(H,20,27). The lowest BCUT2D eigenvalue weighted by Gasteiger charge is -2.16. The first kappa shape index (κ1) is 18.7. The van der Waals surface area contributed by atoms with Crippen molar-refractivity contribution in [1.82, 2.24) is 4.90 Å². The van der Waals surface area contributed by atoms with E-state index < -0.39 is 0 Å². The number of benzene rings is 2. The fourth-order valence-corrected chi connectivity index (χ4v) is 2.94. The third-order valence-electron chi connectivity index (χ3n) is 4.06. The van der Waals surface area contributed by atoms with Crippen molar-refractivity contribution < 1.29 is 23.8 Å². The highest BCUT2D eigenvalue weighted by Crippen LogP contribution is 2.29. The number of ether oxygens (including phenoxy) is 3. The summed E-state index contributed by atoms with van der Waals surface area (Å²) in [5, 5.41) is 3.04. The van der Waals surface area contributed by atoms with Crippen LogP contribution in [-0.2, 0) is 4.74 Å². The Balaban J connectivity index is 1.53. The van der Waals surface area contributed by atoms with Gasteiger partial charge < -0.3 is 19.5 Å². The van der Waals surface area contributed by atoms with Gasteiger partial charge in [0.15, 0.2) is 11.5 Å². The zero-order chi connectivity index (χ0) is 19.4. The fourth-order valence-electron chi connectivity index (χ4n) is 2.74. The molecule has 27 heavy (non-hydrogen) atoms. The molecule has 0 saturated heterocycles. The number of hydrogen-bond donors (Lipinski definition) is 1. The average molecular weight is 386 g/mol. The number of amides is 2. The number of imide groups is 1. The molecular formula is C19H18N2O5S. The van der Waals surface area contributed by atoms with Crippen molar-refractivity contribution in [3.63, 3.8) is 0 Å². The number of rotatable bonds is 6. The van der Waals surface area contributed by atoms with Gasteiger partial charge in [0, 0.05) is 11.8 Å². The monoisotopic (exact) mass is 386 g/mol. The molecule has 1 aliphatic rings. The molecule has 0 spiro atoms. The molecule has 2 amide bonds. The van der Waals surface area contributed by atoms with Crippen molar-refractivity contribution in [2.45, 2.75) is 0 Å². The summed E-state index contributed by atoms with van der Waals surface area (Å²) in [7, 11) is 3.09. The molecule has 140 valence electrons. The van der Waals surface area contributed by atoms with Crippen LogP contribution >= 0.6 is 12.2 Å². The molecule has 7 nitrogen and oxygen atoms in total. The second-order valence-corrected chi connectivity index (χ2v) is 6.01. The second-order valence-electron chi connectivity index (χ2n) is 5.64. The fraction of sp³-hybridized carbons (Fsp3) is 0.211. The highest BCUT2D eigenvalue weighted by molar-refractivity contribution is 7.80. The molecule has 2 aromatic carbocycles. The molecule has 0 aliphatic carbocycles. The molecule has 0 unspecified atom stereocenters. The first-order valence-corrected chi connectivity index (χ1v) is 8.57. The summed E-state index contributed by atoms with van der Waals surface area (Å²) in [5.74, 6) is 0.507. The highest BCUT2D eigenvalue weighted by Gasteiger charge is 2.34. The van der Waals surface area contributed by atoms with Crippen LogP contribution in [0.5, 0.6) is 11.5 Å². The molecule has 1 N–H and O–H groups in total. The summed E-state index contributed by atoms with van der Waals surface area (Å²) in [6.07, 6.45) is 0. The number of carbonyl (C=O) groups is 2. The van der Waals surface area contributed by atoms with Crippen LogP contribution in [0.3, 0.4) is 0 Å². The van der Waals surface area contributed by atoms with E-state index >= 15 is 0 Å². The largest absolute Gasteiger partial charge is 0.493 e. The van der Waals surface area contributed by atoms with Gasteiger partial charge >= 0.3 is 0 Å². The number of nitrogens with zero attached hydrogens (tertiary/aromatic N) is 1. The third-order valence-corrected chi connectivity index (χ3v) is 4.28. The molecule has 8 heteroatoms. The van der Waals surface area contributed by atoms with Crippen molar-refractivity contribution in [2.75, 3.05) is 32.7 Å².